The van der Waals surface area contributed by atoms with Gasteiger partial charge in [-0.05, 0) is 30.4 Å². The fourth-order valence-electron chi connectivity index (χ4n) is 1.18. The van der Waals surface area contributed by atoms with Crippen LogP contribution in [0.15, 0.2) is 23.1 Å². The lowest BCUT2D eigenvalue weighted by atomic mass is 10.1. The van der Waals surface area contributed by atoms with Gasteiger partial charge >= 0.3 is 0 Å². The SMILES string of the molecule is CSc1cc(C(O)CN)ccc1C. The van der Waals surface area contributed by atoms with Crippen molar-refractivity contribution < 1.29 is 5.11 Å². The molecule has 0 aliphatic heterocycles. The van der Waals surface area contributed by atoms with E-state index < -0.39 is 6.10 Å². The standard InChI is InChI=1S/C10H15NOS/c1-7-3-4-8(9(12)6-11)5-10(7)13-2/h3-5,9,12H,6,11H2,1-2H3. The molecule has 0 amide bonds. The fraction of sp³-hybridized carbons (Fsp3) is 0.400. The van der Waals surface area contributed by atoms with Gasteiger partial charge in [-0.3, -0.25) is 0 Å². The summed E-state index contributed by atoms with van der Waals surface area (Å²) in [7, 11) is 0. The monoisotopic (exact) mass is 197 g/mol. The summed E-state index contributed by atoms with van der Waals surface area (Å²) in [4.78, 5) is 1.20. The number of aliphatic hydroxyl groups excluding tert-OH is 1. The Morgan fingerprint density at radius 2 is 2.23 bits per heavy atom. The third-order valence-corrected chi connectivity index (χ3v) is 2.92. The molecule has 13 heavy (non-hydrogen) atoms. The van der Waals surface area contributed by atoms with Crippen molar-refractivity contribution in [1.29, 1.82) is 0 Å². The first kappa shape index (κ1) is 10.6. The average Bonchev–Trinajstić information content (AvgIpc) is 2.17. The molecule has 0 fully saturated rings. The van der Waals surface area contributed by atoms with Crippen molar-refractivity contribution in [3.8, 4) is 0 Å². The van der Waals surface area contributed by atoms with E-state index in [1.54, 1.807) is 11.8 Å². The summed E-state index contributed by atoms with van der Waals surface area (Å²) in [5.74, 6) is 0. The zero-order valence-electron chi connectivity index (χ0n) is 7.95. The molecule has 0 radical (unpaired) electrons. The largest absolute Gasteiger partial charge is 0.387 e. The molecule has 72 valence electrons. The van der Waals surface area contributed by atoms with Gasteiger partial charge in [0.15, 0.2) is 0 Å². The normalized spacial score (nSPS) is 12.9. The summed E-state index contributed by atoms with van der Waals surface area (Å²) < 4.78 is 0. The highest BCUT2D eigenvalue weighted by Gasteiger charge is 2.06. The molecule has 1 aromatic carbocycles. The molecule has 1 rings (SSSR count). The van der Waals surface area contributed by atoms with E-state index in [-0.39, 0.29) is 6.54 Å². The quantitative estimate of drug-likeness (QED) is 0.725. The first-order valence-corrected chi connectivity index (χ1v) is 5.44. The maximum atomic E-state index is 9.51. The number of aryl methyl sites for hydroxylation is 1. The molecular formula is C10H15NOS. The highest BCUT2D eigenvalue weighted by Crippen LogP contribution is 2.23. The summed E-state index contributed by atoms with van der Waals surface area (Å²) in [6.07, 6.45) is 1.49. The second-order valence-electron chi connectivity index (χ2n) is 2.98. The van der Waals surface area contributed by atoms with Gasteiger partial charge in [0.2, 0.25) is 0 Å². The van der Waals surface area contributed by atoms with Gasteiger partial charge in [0.1, 0.15) is 0 Å². The minimum atomic E-state index is -0.536. The number of rotatable bonds is 3. The molecule has 0 aliphatic carbocycles. The first-order valence-electron chi connectivity index (χ1n) is 4.21. The summed E-state index contributed by atoms with van der Waals surface area (Å²) in [6, 6.07) is 5.93. The van der Waals surface area contributed by atoms with Crippen LogP contribution in [0.3, 0.4) is 0 Å². The lowest BCUT2D eigenvalue weighted by molar-refractivity contribution is 0.186. The van der Waals surface area contributed by atoms with Gasteiger partial charge in [0, 0.05) is 11.4 Å². The molecule has 1 atom stereocenters. The maximum Gasteiger partial charge on any atom is 0.0912 e. The number of benzene rings is 1. The van der Waals surface area contributed by atoms with Gasteiger partial charge < -0.3 is 10.8 Å². The molecule has 3 N–H and O–H groups in total. The van der Waals surface area contributed by atoms with Crippen molar-refractivity contribution in [3.05, 3.63) is 29.3 Å². The van der Waals surface area contributed by atoms with E-state index in [1.807, 2.05) is 24.5 Å². The van der Waals surface area contributed by atoms with E-state index in [0.29, 0.717) is 0 Å². The molecule has 3 heteroatoms. The van der Waals surface area contributed by atoms with Crippen LogP contribution in [0.1, 0.15) is 17.2 Å². The molecule has 1 aromatic rings. The van der Waals surface area contributed by atoms with Crippen molar-refractivity contribution in [1.82, 2.24) is 0 Å². The number of hydrogen-bond acceptors (Lipinski definition) is 3. The summed E-state index contributed by atoms with van der Waals surface area (Å²) in [6.45, 7) is 2.33. The van der Waals surface area contributed by atoms with Gasteiger partial charge in [-0.2, -0.15) is 0 Å². The van der Waals surface area contributed by atoms with Crippen molar-refractivity contribution in [2.24, 2.45) is 5.73 Å². The highest BCUT2D eigenvalue weighted by molar-refractivity contribution is 7.98. The van der Waals surface area contributed by atoms with Crippen LogP contribution in [0.2, 0.25) is 0 Å². The maximum absolute atomic E-state index is 9.51. The van der Waals surface area contributed by atoms with Crippen LogP contribution in [0.5, 0.6) is 0 Å². The van der Waals surface area contributed by atoms with Crippen LogP contribution in [-0.2, 0) is 0 Å². The van der Waals surface area contributed by atoms with Gasteiger partial charge in [-0.25, -0.2) is 0 Å². The predicted octanol–water partition coefficient (Wildman–Crippen LogP) is 1.71. The third kappa shape index (κ3) is 2.46. The highest BCUT2D eigenvalue weighted by atomic mass is 32.2. The molecule has 0 heterocycles. The zero-order chi connectivity index (χ0) is 9.84. The van der Waals surface area contributed by atoms with E-state index in [0.717, 1.165) is 5.56 Å². The van der Waals surface area contributed by atoms with Crippen molar-refractivity contribution in [3.63, 3.8) is 0 Å². The minimum Gasteiger partial charge on any atom is -0.387 e. The molecule has 0 saturated carbocycles. The Bertz CT molecular complexity index is 288. The van der Waals surface area contributed by atoms with Crippen LogP contribution >= 0.6 is 11.8 Å². The molecular weight excluding hydrogens is 182 g/mol. The number of thioether (sulfide) groups is 1. The zero-order valence-corrected chi connectivity index (χ0v) is 8.77. The molecule has 2 nitrogen and oxygen atoms in total. The second kappa shape index (κ2) is 4.65. The van der Waals surface area contributed by atoms with Gasteiger partial charge in [0.05, 0.1) is 6.10 Å². The van der Waals surface area contributed by atoms with E-state index in [2.05, 4.69) is 6.92 Å². The summed E-state index contributed by atoms with van der Waals surface area (Å²) in [5, 5.41) is 9.51. The van der Waals surface area contributed by atoms with Crippen molar-refractivity contribution in [2.75, 3.05) is 12.8 Å². The van der Waals surface area contributed by atoms with Crippen LogP contribution in [0.25, 0.3) is 0 Å². The second-order valence-corrected chi connectivity index (χ2v) is 3.83. The molecule has 0 saturated heterocycles. The van der Waals surface area contributed by atoms with Crippen LogP contribution in [-0.4, -0.2) is 17.9 Å². The number of hydrogen-bond donors (Lipinski definition) is 2. The Labute approximate surface area is 83.1 Å². The molecule has 1 unspecified atom stereocenters. The van der Waals surface area contributed by atoms with Crippen LogP contribution in [0.4, 0.5) is 0 Å². The molecule has 0 aromatic heterocycles. The molecule has 0 aliphatic rings. The van der Waals surface area contributed by atoms with Crippen LogP contribution < -0.4 is 5.73 Å². The van der Waals surface area contributed by atoms with Crippen molar-refractivity contribution >= 4 is 11.8 Å². The van der Waals surface area contributed by atoms with E-state index >= 15 is 0 Å². The van der Waals surface area contributed by atoms with E-state index in [1.165, 1.54) is 10.5 Å². The fourth-order valence-corrected chi connectivity index (χ4v) is 1.82. The Morgan fingerprint density at radius 1 is 1.54 bits per heavy atom. The summed E-state index contributed by atoms with van der Waals surface area (Å²) in [5.41, 5.74) is 7.51. The van der Waals surface area contributed by atoms with Crippen LogP contribution in [0, 0.1) is 6.92 Å². The Kier molecular flexibility index (Phi) is 3.78. The molecule has 0 bridgehead atoms. The topological polar surface area (TPSA) is 46.2 Å². The van der Waals surface area contributed by atoms with E-state index in [4.69, 9.17) is 5.73 Å². The van der Waals surface area contributed by atoms with Crippen molar-refractivity contribution in [2.45, 2.75) is 17.9 Å². The lowest BCUT2D eigenvalue weighted by Gasteiger charge is -2.10. The Hall–Kier alpha value is -0.510. The van der Waals surface area contributed by atoms with Gasteiger partial charge in [0.25, 0.3) is 0 Å². The van der Waals surface area contributed by atoms with E-state index in [9.17, 15) is 5.11 Å². The first-order chi connectivity index (χ1) is 6.19. The third-order valence-electron chi connectivity index (χ3n) is 2.04. The average molecular weight is 197 g/mol. The van der Waals surface area contributed by atoms with Gasteiger partial charge in [-0.15, -0.1) is 11.8 Å². The molecule has 0 spiro atoms. The Morgan fingerprint density at radius 3 is 2.77 bits per heavy atom. The number of aliphatic hydroxyl groups is 1. The van der Waals surface area contributed by atoms with Gasteiger partial charge in [-0.1, -0.05) is 12.1 Å². The lowest BCUT2D eigenvalue weighted by Crippen LogP contribution is -2.11. The predicted molar refractivity (Wildman–Crippen MR) is 57.0 cm³/mol. The summed E-state index contributed by atoms with van der Waals surface area (Å²) >= 11 is 1.69. The smallest absolute Gasteiger partial charge is 0.0912 e. The number of nitrogens with two attached hydrogens (primary N) is 1. The Balaban J connectivity index is 2.99. The minimum absolute atomic E-state index is 0.275.